The second-order valence-corrected chi connectivity index (χ2v) is 5.48. The number of H-pyrrole nitrogens is 1. The molecule has 1 aliphatic carbocycles. The van der Waals surface area contributed by atoms with Crippen LogP contribution in [-0.2, 0) is 0 Å². The van der Waals surface area contributed by atoms with E-state index in [1.165, 1.54) is 5.57 Å². The summed E-state index contributed by atoms with van der Waals surface area (Å²) in [6.07, 6.45) is 11.2. The van der Waals surface area contributed by atoms with Crippen LogP contribution in [0.5, 0.6) is 0 Å². The van der Waals surface area contributed by atoms with Crippen LogP contribution in [0.3, 0.4) is 0 Å². The molecular formula is C16H15N5. The molecule has 0 spiro atoms. The number of allylic oxidation sites excluding steroid dienone is 4. The van der Waals surface area contributed by atoms with Gasteiger partial charge in [0, 0.05) is 41.4 Å². The maximum atomic E-state index is 4.43. The maximum absolute atomic E-state index is 4.43. The molecular weight excluding hydrogens is 262 g/mol. The molecule has 4 rings (SSSR count). The highest BCUT2D eigenvalue weighted by molar-refractivity contribution is 6.06. The summed E-state index contributed by atoms with van der Waals surface area (Å²) in [5.41, 5.74) is 5.26. The van der Waals surface area contributed by atoms with Gasteiger partial charge in [0.1, 0.15) is 11.5 Å². The quantitative estimate of drug-likeness (QED) is 0.870. The van der Waals surface area contributed by atoms with Crippen molar-refractivity contribution in [1.82, 2.24) is 15.0 Å². The van der Waals surface area contributed by atoms with Crippen molar-refractivity contribution in [2.24, 2.45) is 16.1 Å². The Morgan fingerprint density at radius 3 is 3.00 bits per heavy atom. The molecule has 0 amide bonds. The topological polar surface area (TPSA) is 66.3 Å². The fraction of sp³-hybridized carbons (Fsp3) is 0.250. The van der Waals surface area contributed by atoms with Crippen LogP contribution in [0.25, 0.3) is 16.6 Å². The van der Waals surface area contributed by atoms with Crippen molar-refractivity contribution in [3.8, 4) is 0 Å². The predicted octanol–water partition coefficient (Wildman–Crippen LogP) is 3.06. The zero-order chi connectivity index (χ0) is 14.4. The molecule has 2 aliphatic rings. The summed E-state index contributed by atoms with van der Waals surface area (Å²) in [5, 5.41) is 9.52. The minimum absolute atomic E-state index is 0.318. The monoisotopic (exact) mass is 277 g/mol. The lowest BCUT2D eigenvalue weighted by atomic mass is 9.94. The Kier molecular flexibility index (Phi) is 2.60. The van der Waals surface area contributed by atoms with Crippen LogP contribution < -0.4 is 0 Å². The first-order valence-corrected chi connectivity index (χ1v) is 7.03. The van der Waals surface area contributed by atoms with Gasteiger partial charge in [-0.15, -0.1) is 0 Å². The van der Waals surface area contributed by atoms with E-state index in [0.29, 0.717) is 5.92 Å². The van der Waals surface area contributed by atoms with Gasteiger partial charge in [0.25, 0.3) is 0 Å². The van der Waals surface area contributed by atoms with E-state index in [0.717, 1.165) is 40.3 Å². The van der Waals surface area contributed by atoms with Crippen molar-refractivity contribution in [3.63, 3.8) is 0 Å². The van der Waals surface area contributed by atoms with E-state index in [1.807, 2.05) is 26.2 Å². The van der Waals surface area contributed by atoms with Gasteiger partial charge in [-0.3, -0.25) is 0 Å². The minimum Gasteiger partial charge on any atom is -0.345 e. The maximum Gasteiger partial charge on any atom is 0.141 e. The molecule has 1 atom stereocenters. The van der Waals surface area contributed by atoms with E-state index in [4.69, 9.17) is 0 Å². The highest BCUT2D eigenvalue weighted by Gasteiger charge is 2.20. The van der Waals surface area contributed by atoms with Gasteiger partial charge in [-0.05, 0) is 25.5 Å². The predicted molar refractivity (Wildman–Crippen MR) is 84.4 cm³/mol. The van der Waals surface area contributed by atoms with Crippen LogP contribution in [0.2, 0.25) is 0 Å². The Hall–Kier alpha value is -2.56. The van der Waals surface area contributed by atoms with Gasteiger partial charge in [-0.25, -0.2) is 9.97 Å². The van der Waals surface area contributed by atoms with E-state index in [-0.39, 0.29) is 0 Å². The number of nitrogens with one attached hydrogen (secondary N) is 1. The number of rotatable bonds is 1. The molecule has 5 heteroatoms. The molecule has 1 aliphatic heterocycles. The van der Waals surface area contributed by atoms with Crippen LogP contribution in [0, 0.1) is 12.8 Å². The lowest BCUT2D eigenvalue weighted by molar-refractivity contribution is 0.872. The Labute approximate surface area is 122 Å². The average molecular weight is 277 g/mol. The number of nitrogens with zero attached hydrogens (tertiary/aromatic N) is 4. The van der Waals surface area contributed by atoms with E-state index in [9.17, 15) is 0 Å². The Balaban J connectivity index is 1.87. The zero-order valence-corrected chi connectivity index (χ0v) is 12.0. The molecule has 3 heterocycles. The molecule has 0 radical (unpaired) electrons. The third kappa shape index (κ3) is 2.01. The number of aryl methyl sites for hydroxylation is 1. The summed E-state index contributed by atoms with van der Waals surface area (Å²) >= 11 is 0. The van der Waals surface area contributed by atoms with Gasteiger partial charge < -0.3 is 4.98 Å². The number of fused-ring (bicyclic) bond motifs is 3. The number of aromatic amines is 1. The second kappa shape index (κ2) is 4.48. The highest BCUT2D eigenvalue weighted by atomic mass is 15.2. The van der Waals surface area contributed by atoms with Gasteiger partial charge in [-0.1, -0.05) is 12.2 Å². The summed E-state index contributed by atoms with van der Waals surface area (Å²) in [6.45, 7) is 3.93. The van der Waals surface area contributed by atoms with E-state index < -0.39 is 0 Å². The molecule has 2 bridgehead atoms. The molecule has 104 valence electrons. The first kappa shape index (κ1) is 12.2. The lowest BCUT2D eigenvalue weighted by Crippen LogP contribution is -2.15. The van der Waals surface area contributed by atoms with Crippen LogP contribution >= 0.6 is 0 Å². The second-order valence-electron chi connectivity index (χ2n) is 5.48. The van der Waals surface area contributed by atoms with Crippen LogP contribution in [0.15, 0.2) is 40.8 Å². The van der Waals surface area contributed by atoms with Crippen molar-refractivity contribution in [3.05, 3.63) is 42.0 Å². The van der Waals surface area contributed by atoms with Gasteiger partial charge >= 0.3 is 0 Å². The summed E-state index contributed by atoms with van der Waals surface area (Å²) in [7, 11) is 0. The van der Waals surface area contributed by atoms with Crippen molar-refractivity contribution >= 4 is 28.0 Å². The molecule has 1 unspecified atom stereocenters. The van der Waals surface area contributed by atoms with Gasteiger partial charge in [0.2, 0.25) is 0 Å². The number of hydrogen-bond acceptors (Lipinski definition) is 4. The fourth-order valence-electron chi connectivity index (χ4n) is 2.78. The molecule has 21 heavy (non-hydrogen) atoms. The summed E-state index contributed by atoms with van der Waals surface area (Å²) in [6, 6.07) is 0. The number of aromatic nitrogens is 3. The van der Waals surface area contributed by atoms with E-state index in [1.54, 1.807) is 0 Å². The van der Waals surface area contributed by atoms with Gasteiger partial charge in [0.05, 0.1) is 5.71 Å². The van der Waals surface area contributed by atoms with Crippen LogP contribution in [0.1, 0.15) is 24.7 Å². The molecule has 2 aromatic heterocycles. The van der Waals surface area contributed by atoms with Crippen LogP contribution in [-0.4, -0.2) is 26.4 Å². The molecule has 0 aromatic carbocycles. The Bertz CT molecular complexity index is 851. The van der Waals surface area contributed by atoms with Crippen molar-refractivity contribution in [2.75, 3.05) is 0 Å². The molecule has 5 nitrogen and oxygen atoms in total. The van der Waals surface area contributed by atoms with Gasteiger partial charge in [0.15, 0.2) is 0 Å². The molecule has 2 aromatic rings. The Morgan fingerprint density at radius 1 is 1.19 bits per heavy atom. The molecule has 1 N–H and O–H groups in total. The van der Waals surface area contributed by atoms with E-state index in [2.05, 4.69) is 43.4 Å². The SMILES string of the molecule is CC1=NN=C2C=CC(c3c[nH]c4nc(C)ncc34)=CC1C2. The van der Waals surface area contributed by atoms with Crippen molar-refractivity contribution in [1.29, 1.82) is 0 Å². The Morgan fingerprint density at radius 2 is 2.10 bits per heavy atom. The lowest BCUT2D eigenvalue weighted by Gasteiger charge is -2.14. The molecule has 0 saturated carbocycles. The van der Waals surface area contributed by atoms with Gasteiger partial charge in [-0.2, -0.15) is 10.2 Å². The fourth-order valence-corrected chi connectivity index (χ4v) is 2.78. The largest absolute Gasteiger partial charge is 0.345 e. The summed E-state index contributed by atoms with van der Waals surface area (Å²) in [5.74, 6) is 1.09. The number of hydrogen-bond donors (Lipinski definition) is 1. The normalized spacial score (nSPS) is 20.9. The van der Waals surface area contributed by atoms with E-state index >= 15 is 0 Å². The smallest absolute Gasteiger partial charge is 0.141 e. The highest BCUT2D eigenvalue weighted by Crippen LogP contribution is 2.30. The van der Waals surface area contributed by atoms with Crippen LogP contribution in [0.4, 0.5) is 0 Å². The summed E-state index contributed by atoms with van der Waals surface area (Å²) in [4.78, 5) is 12.0. The third-order valence-corrected chi connectivity index (χ3v) is 4.00. The van der Waals surface area contributed by atoms with Crippen molar-refractivity contribution in [2.45, 2.75) is 20.3 Å². The first-order valence-electron chi connectivity index (χ1n) is 7.03. The minimum atomic E-state index is 0.318. The third-order valence-electron chi connectivity index (χ3n) is 4.00. The average Bonchev–Trinajstić information content (AvgIpc) is 2.79. The van der Waals surface area contributed by atoms with Crippen molar-refractivity contribution < 1.29 is 0 Å². The molecule has 0 fully saturated rings. The molecule has 0 saturated heterocycles. The zero-order valence-electron chi connectivity index (χ0n) is 12.0. The standard InChI is InChI=1S/C16H15N5/c1-9-12-5-11(3-4-13(6-12)21-20-9)14-7-18-16-15(14)8-17-10(2)19-16/h3-5,7-8,12H,6H2,1-2H3,(H,17,18,19). The first-order chi connectivity index (χ1) is 10.2. The summed E-state index contributed by atoms with van der Waals surface area (Å²) < 4.78 is 0.